The summed E-state index contributed by atoms with van der Waals surface area (Å²) in [6.45, 7) is 11.5. The van der Waals surface area contributed by atoms with E-state index in [1.807, 2.05) is 0 Å². The van der Waals surface area contributed by atoms with Crippen molar-refractivity contribution in [3.63, 3.8) is 0 Å². The standard InChI is InChI=1S/C19H32N2/c1-4-8-19(14-20-13-16(2)3)21-12-7-11-17-9-5-6-10-18(17)15-21/h5-6,9-10,16,19-20H,4,7-8,11-15H2,1-3H3. The van der Waals surface area contributed by atoms with E-state index in [4.69, 9.17) is 0 Å². The lowest BCUT2D eigenvalue weighted by atomic mass is 10.0. The Hall–Kier alpha value is -0.860. The van der Waals surface area contributed by atoms with Gasteiger partial charge in [0.05, 0.1) is 0 Å². The van der Waals surface area contributed by atoms with Crippen LogP contribution in [0.3, 0.4) is 0 Å². The van der Waals surface area contributed by atoms with Crippen molar-refractivity contribution in [1.82, 2.24) is 10.2 Å². The highest BCUT2D eigenvalue weighted by molar-refractivity contribution is 5.28. The van der Waals surface area contributed by atoms with Gasteiger partial charge in [-0.3, -0.25) is 4.90 Å². The van der Waals surface area contributed by atoms with E-state index in [1.54, 1.807) is 11.1 Å². The lowest BCUT2D eigenvalue weighted by molar-refractivity contribution is 0.174. The van der Waals surface area contributed by atoms with Crippen LogP contribution in [0.4, 0.5) is 0 Å². The van der Waals surface area contributed by atoms with Crippen LogP contribution in [-0.4, -0.2) is 30.6 Å². The van der Waals surface area contributed by atoms with Crippen molar-refractivity contribution in [1.29, 1.82) is 0 Å². The zero-order valence-electron chi connectivity index (χ0n) is 14.1. The van der Waals surface area contributed by atoms with Gasteiger partial charge in [0.25, 0.3) is 0 Å². The Balaban J connectivity index is 1.99. The molecule has 1 heterocycles. The zero-order chi connectivity index (χ0) is 15.1. The number of aryl methyl sites for hydroxylation is 1. The van der Waals surface area contributed by atoms with Crippen LogP contribution in [0.25, 0.3) is 0 Å². The summed E-state index contributed by atoms with van der Waals surface area (Å²) < 4.78 is 0. The summed E-state index contributed by atoms with van der Waals surface area (Å²) >= 11 is 0. The normalized spacial score (nSPS) is 17.5. The molecule has 21 heavy (non-hydrogen) atoms. The summed E-state index contributed by atoms with van der Waals surface area (Å²) in [5.41, 5.74) is 3.10. The number of nitrogens with one attached hydrogen (secondary N) is 1. The fourth-order valence-electron chi connectivity index (χ4n) is 3.32. The molecule has 2 rings (SSSR count). The quantitative estimate of drug-likeness (QED) is 0.820. The third kappa shape index (κ3) is 5.12. The van der Waals surface area contributed by atoms with Gasteiger partial charge in [-0.15, -0.1) is 0 Å². The maximum Gasteiger partial charge on any atom is 0.0239 e. The molecule has 1 aliphatic heterocycles. The lowest BCUT2D eigenvalue weighted by Crippen LogP contribution is -2.42. The van der Waals surface area contributed by atoms with Crippen molar-refractivity contribution < 1.29 is 0 Å². The Labute approximate surface area is 130 Å². The number of rotatable bonds is 7. The van der Waals surface area contributed by atoms with Gasteiger partial charge in [0, 0.05) is 19.1 Å². The monoisotopic (exact) mass is 288 g/mol. The molecule has 1 aromatic rings. The molecule has 1 aromatic carbocycles. The molecular weight excluding hydrogens is 256 g/mol. The topological polar surface area (TPSA) is 15.3 Å². The van der Waals surface area contributed by atoms with Crippen LogP contribution in [0, 0.1) is 5.92 Å². The molecule has 0 saturated heterocycles. The molecule has 0 saturated carbocycles. The van der Waals surface area contributed by atoms with Crippen LogP contribution < -0.4 is 5.32 Å². The van der Waals surface area contributed by atoms with Crippen molar-refractivity contribution >= 4 is 0 Å². The first-order valence-corrected chi connectivity index (χ1v) is 8.72. The lowest BCUT2D eigenvalue weighted by Gasteiger charge is -2.31. The summed E-state index contributed by atoms with van der Waals surface area (Å²) in [5.74, 6) is 0.733. The maximum absolute atomic E-state index is 3.67. The Morgan fingerprint density at radius 1 is 1.14 bits per heavy atom. The van der Waals surface area contributed by atoms with Crippen LogP contribution in [0.2, 0.25) is 0 Å². The molecule has 0 aromatic heterocycles. The van der Waals surface area contributed by atoms with Crippen molar-refractivity contribution in [2.45, 2.75) is 59.0 Å². The number of hydrogen-bond donors (Lipinski definition) is 1. The smallest absolute Gasteiger partial charge is 0.0239 e. The third-order valence-electron chi connectivity index (χ3n) is 4.45. The van der Waals surface area contributed by atoms with Crippen LogP contribution in [0.15, 0.2) is 24.3 Å². The van der Waals surface area contributed by atoms with E-state index in [9.17, 15) is 0 Å². The second-order valence-corrected chi connectivity index (χ2v) is 6.84. The minimum absolute atomic E-state index is 0.680. The summed E-state index contributed by atoms with van der Waals surface area (Å²) in [5, 5.41) is 3.67. The molecule has 0 spiro atoms. The van der Waals surface area contributed by atoms with Gasteiger partial charge in [0.15, 0.2) is 0 Å². The highest BCUT2D eigenvalue weighted by atomic mass is 15.2. The second-order valence-electron chi connectivity index (χ2n) is 6.84. The van der Waals surface area contributed by atoms with E-state index < -0.39 is 0 Å². The molecule has 0 amide bonds. The first-order valence-electron chi connectivity index (χ1n) is 8.72. The van der Waals surface area contributed by atoms with E-state index >= 15 is 0 Å². The molecule has 1 atom stereocenters. The van der Waals surface area contributed by atoms with Crippen LogP contribution in [0.1, 0.15) is 51.2 Å². The molecule has 1 aliphatic rings. The average Bonchev–Trinajstić information content (AvgIpc) is 2.68. The van der Waals surface area contributed by atoms with Crippen molar-refractivity contribution in [3.8, 4) is 0 Å². The molecule has 2 heteroatoms. The highest BCUT2D eigenvalue weighted by Gasteiger charge is 2.21. The highest BCUT2D eigenvalue weighted by Crippen LogP contribution is 2.21. The van der Waals surface area contributed by atoms with Gasteiger partial charge in [0.1, 0.15) is 0 Å². The molecule has 2 nitrogen and oxygen atoms in total. The summed E-state index contributed by atoms with van der Waals surface area (Å²) in [7, 11) is 0. The molecule has 1 unspecified atom stereocenters. The summed E-state index contributed by atoms with van der Waals surface area (Å²) in [6, 6.07) is 9.68. The van der Waals surface area contributed by atoms with E-state index in [2.05, 4.69) is 55.3 Å². The van der Waals surface area contributed by atoms with E-state index in [0.717, 1.165) is 25.6 Å². The summed E-state index contributed by atoms with van der Waals surface area (Å²) in [4.78, 5) is 2.71. The Morgan fingerprint density at radius 2 is 1.90 bits per heavy atom. The molecule has 1 N–H and O–H groups in total. The van der Waals surface area contributed by atoms with E-state index in [1.165, 1.54) is 32.2 Å². The Morgan fingerprint density at radius 3 is 2.62 bits per heavy atom. The van der Waals surface area contributed by atoms with Gasteiger partial charge < -0.3 is 5.32 Å². The predicted octanol–water partition coefficient (Wildman–Crippen LogP) is 3.85. The van der Waals surface area contributed by atoms with Gasteiger partial charge in [-0.1, -0.05) is 51.5 Å². The third-order valence-corrected chi connectivity index (χ3v) is 4.45. The van der Waals surface area contributed by atoms with Crippen LogP contribution >= 0.6 is 0 Å². The zero-order valence-corrected chi connectivity index (χ0v) is 14.1. The number of benzene rings is 1. The van der Waals surface area contributed by atoms with Crippen LogP contribution in [0.5, 0.6) is 0 Å². The number of hydrogen-bond acceptors (Lipinski definition) is 2. The molecule has 0 bridgehead atoms. The molecule has 0 aliphatic carbocycles. The van der Waals surface area contributed by atoms with Gasteiger partial charge in [0.2, 0.25) is 0 Å². The van der Waals surface area contributed by atoms with Crippen LogP contribution in [-0.2, 0) is 13.0 Å². The minimum Gasteiger partial charge on any atom is -0.315 e. The molecule has 118 valence electrons. The average molecular weight is 288 g/mol. The minimum atomic E-state index is 0.680. The molecule has 0 radical (unpaired) electrons. The number of nitrogens with zero attached hydrogens (tertiary/aromatic N) is 1. The molecular formula is C19H32N2. The van der Waals surface area contributed by atoms with E-state index in [-0.39, 0.29) is 0 Å². The fourth-order valence-corrected chi connectivity index (χ4v) is 3.32. The van der Waals surface area contributed by atoms with Gasteiger partial charge in [-0.05, 0) is 49.4 Å². The largest absolute Gasteiger partial charge is 0.315 e. The first kappa shape index (κ1) is 16.5. The van der Waals surface area contributed by atoms with Gasteiger partial charge in [-0.2, -0.15) is 0 Å². The van der Waals surface area contributed by atoms with Gasteiger partial charge in [-0.25, -0.2) is 0 Å². The Bertz CT molecular complexity index is 414. The molecule has 0 fully saturated rings. The SMILES string of the molecule is CCCC(CNCC(C)C)N1CCCc2ccccc2C1. The van der Waals surface area contributed by atoms with Crippen molar-refractivity contribution in [2.75, 3.05) is 19.6 Å². The predicted molar refractivity (Wildman–Crippen MR) is 91.6 cm³/mol. The maximum atomic E-state index is 3.67. The van der Waals surface area contributed by atoms with Crippen molar-refractivity contribution in [3.05, 3.63) is 35.4 Å². The van der Waals surface area contributed by atoms with Gasteiger partial charge >= 0.3 is 0 Å². The Kier molecular flexibility index (Phi) is 6.72. The summed E-state index contributed by atoms with van der Waals surface area (Å²) in [6.07, 6.45) is 5.10. The fraction of sp³-hybridized carbons (Fsp3) is 0.684. The second kappa shape index (κ2) is 8.55. The first-order chi connectivity index (χ1) is 10.2. The number of fused-ring (bicyclic) bond motifs is 1. The van der Waals surface area contributed by atoms with E-state index in [0.29, 0.717) is 6.04 Å². The van der Waals surface area contributed by atoms with Crippen molar-refractivity contribution in [2.24, 2.45) is 5.92 Å².